The van der Waals surface area contributed by atoms with E-state index in [1.165, 1.54) is 30.5 Å². The van der Waals surface area contributed by atoms with Gasteiger partial charge in [0.25, 0.3) is 5.91 Å². The van der Waals surface area contributed by atoms with Gasteiger partial charge in [-0.1, -0.05) is 35.5 Å². The van der Waals surface area contributed by atoms with Crippen LogP contribution in [0.5, 0.6) is 5.75 Å². The van der Waals surface area contributed by atoms with Crippen LogP contribution in [0.4, 0.5) is 17.6 Å². The molecule has 0 atom stereocenters. The summed E-state index contributed by atoms with van der Waals surface area (Å²) in [7, 11) is 0. The minimum absolute atomic E-state index is 0.0168. The van der Waals surface area contributed by atoms with Crippen LogP contribution in [-0.4, -0.2) is 47.4 Å². The number of hydrogen-bond donors (Lipinski definition) is 2. The average molecular weight is 631 g/mol. The number of ether oxygens (including phenoxy) is 1. The number of hydrogen-bond acceptors (Lipinski definition) is 7. The number of aromatic nitrogens is 7. The highest BCUT2D eigenvalue weighted by molar-refractivity contribution is 6.01. The van der Waals surface area contributed by atoms with E-state index in [0.717, 1.165) is 23.1 Å². The number of aryl methyl sites for hydroxylation is 2. The molecule has 0 aliphatic rings. The summed E-state index contributed by atoms with van der Waals surface area (Å²) in [4.78, 5) is 20.3. The van der Waals surface area contributed by atoms with Gasteiger partial charge in [-0.3, -0.25) is 14.5 Å². The van der Waals surface area contributed by atoms with E-state index in [-0.39, 0.29) is 23.8 Å². The van der Waals surface area contributed by atoms with Gasteiger partial charge in [-0.05, 0) is 67.3 Å². The molecule has 4 aromatic heterocycles. The second kappa shape index (κ2) is 13.1. The zero-order chi connectivity index (χ0) is 32.1. The zero-order valence-corrected chi connectivity index (χ0v) is 24.1. The van der Waals surface area contributed by atoms with Crippen molar-refractivity contribution in [3.05, 3.63) is 108 Å². The zero-order valence-electron chi connectivity index (χ0n) is 24.1. The van der Waals surface area contributed by atoms with Gasteiger partial charge < -0.3 is 15.0 Å². The van der Waals surface area contributed by atoms with E-state index in [0.29, 0.717) is 47.5 Å². The smallest absolute Gasteiger partial charge is 0.406 e. The number of alkyl halides is 3. The van der Waals surface area contributed by atoms with E-state index in [2.05, 4.69) is 40.5 Å². The Hall–Kier alpha value is -5.66. The Balaban J connectivity index is 1.07. The molecule has 1 amide bonds. The molecule has 4 heterocycles. The van der Waals surface area contributed by atoms with Crippen LogP contribution in [-0.2, 0) is 19.5 Å². The molecule has 2 aromatic carbocycles. The molecular formula is C32H26F4N8O2. The maximum Gasteiger partial charge on any atom is 0.573 e. The summed E-state index contributed by atoms with van der Waals surface area (Å²) in [5, 5.41) is 20.1. The summed E-state index contributed by atoms with van der Waals surface area (Å²) in [6, 6.07) is 19.4. The molecule has 46 heavy (non-hydrogen) atoms. The maximum absolute atomic E-state index is 14.8. The Morgan fingerprint density at radius 2 is 1.80 bits per heavy atom. The highest BCUT2D eigenvalue weighted by Crippen LogP contribution is 2.37. The minimum atomic E-state index is -4.80. The van der Waals surface area contributed by atoms with Crippen LogP contribution >= 0.6 is 0 Å². The van der Waals surface area contributed by atoms with Crippen molar-refractivity contribution in [1.29, 1.82) is 0 Å². The molecule has 10 nitrogen and oxygen atoms in total. The molecule has 6 aromatic rings. The number of nitrogens with zero attached hydrogens (tertiary/aromatic N) is 6. The van der Waals surface area contributed by atoms with Crippen LogP contribution < -0.4 is 10.1 Å². The number of unbranched alkanes of at least 4 members (excludes halogenated alkanes) is 1. The summed E-state index contributed by atoms with van der Waals surface area (Å²) in [6.45, 7) is 0.477. The van der Waals surface area contributed by atoms with Crippen molar-refractivity contribution in [3.63, 3.8) is 0 Å². The van der Waals surface area contributed by atoms with E-state index in [1.54, 1.807) is 35.1 Å². The van der Waals surface area contributed by atoms with Crippen LogP contribution in [0.2, 0.25) is 0 Å². The fraction of sp³-hybridized carbons (Fsp3) is 0.188. The van der Waals surface area contributed by atoms with Crippen molar-refractivity contribution in [2.75, 3.05) is 0 Å². The first-order valence-electron chi connectivity index (χ1n) is 14.3. The number of aromatic amines is 1. The Morgan fingerprint density at radius 3 is 2.61 bits per heavy atom. The number of halogens is 4. The number of benzene rings is 2. The van der Waals surface area contributed by atoms with E-state index in [9.17, 15) is 22.4 Å². The van der Waals surface area contributed by atoms with Gasteiger partial charge in [0.1, 0.15) is 11.6 Å². The topological polar surface area (TPSA) is 124 Å². The summed E-state index contributed by atoms with van der Waals surface area (Å²) in [6.07, 6.45) is 0.446. The monoisotopic (exact) mass is 630 g/mol. The van der Waals surface area contributed by atoms with Gasteiger partial charge in [-0.15, -0.1) is 23.4 Å². The lowest BCUT2D eigenvalue weighted by atomic mass is 10.0. The van der Waals surface area contributed by atoms with Crippen LogP contribution in [0.3, 0.4) is 0 Å². The number of rotatable bonds is 11. The maximum atomic E-state index is 14.8. The van der Waals surface area contributed by atoms with E-state index in [4.69, 9.17) is 0 Å². The number of carbonyl (C=O) groups is 1. The third-order valence-electron chi connectivity index (χ3n) is 7.10. The second-order valence-corrected chi connectivity index (χ2v) is 10.4. The molecule has 0 radical (unpaired) electrons. The molecule has 0 aliphatic carbocycles. The Bertz CT molecular complexity index is 1970. The quantitative estimate of drug-likeness (QED) is 0.128. The lowest BCUT2D eigenvalue weighted by Crippen LogP contribution is -2.23. The molecule has 6 rings (SSSR count). The van der Waals surface area contributed by atoms with Crippen molar-refractivity contribution in [3.8, 4) is 28.3 Å². The molecule has 0 fully saturated rings. The highest BCUT2D eigenvalue weighted by atomic mass is 19.4. The normalized spacial score (nSPS) is 11.6. The third-order valence-corrected chi connectivity index (χ3v) is 7.10. The first-order chi connectivity index (χ1) is 22.2. The van der Waals surface area contributed by atoms with Gasteiger partial charge in [-0.25, -0.2) is 4.39 Å². The van der Waals surface area contributed by atoms with E-state index >= 15 is 0 Å². The summed E-state index contributed by atoms with van der Waals surface area (Å²) in [5.41, 5.74) is 4.21. The summed E-state index contributed by atoms with van der Waals surface area (Å²) < 4.78 is 57.7. The number of H-pyrrole nitrogens is 1. The van der Waals surface area contributed by atoms with Crippen molar-refractivity contribution in [2.24, 2.45) is 0 Å². The lowest BCUT2D eigenvalue weighted by molar-refractivity contribution is -0.274. The molecule has 14 heteroatoms. The molecule has 0 saturated carbocycles. The SMILES string of the molecule is O=C(NCc1cccc(OC(F)(F)F)c1)c1cn(CCCCc2cc3c(-c4ccccn4)c(-c4ccccc4F)[nH]c3nn2)nn1. The molecule has 234 valence electrons. The highest BCUT2D eigenvalue weighted by Gasteiger charge is 2.31. The molecular weight excluding hydrogens is 604 g/mol. The first-order valence-corrected chi connectivity index (χ1v) is 14.3. The molecule has 0 bridgehead atoms. The lowest BCUT2D eigenvalue weighted by Gasteiger charge is -2.10. The fourth-order valence-corrected chi connectivity index (χ4v) is 5.01. The number of amides is 1. The van der Waals surface area contributed by atoms with Gasteiger partial charge in [0.2, 0.25) is 0 Å². The Morgan fingerprint density at radius 1 is 0.957 bits per heavy atom. The third kappa shape index (κ3) is 7.17. The van der Waals surface area contributed by atoms with Gasteiger partial charge in [0, 0.05) is 35.8 Å². The van der Waals surface area contributed by atoms with Crippen LogP contribution in [0.1, 0.15) is 34.6 Å². The van der Waals surface area contributed by atoms with Crippen LogP contribution in [0, 0.1) is 5.82 Å². The van der Waals surface area contributed by atoms with Crippen LogP contribution in [0.25, 0.3) is 33.5 Å². The number of carbonyl (C=O) groups excluding carboxylic acids is 1. The van der Waals surface area contributed by atoms with Gasteiger partial charge in [0.05, 0.1) is 23.3 Å². The van der Waals surface area contributed by atoms with Crippen molar-refractivity contribution >= 4 is 16.9 Å². The predicted molar refractivity (Wildman–Crippen MR) is 160 cm³/mol. The van der Waals surface area contributed by atoms with Crippen LogP contribution in [0.15, 0.2) is 85.2 Å². The molecule has 0 aliphatic heterocycles. The Labute approximate surface area is 259 Å². The first kappa shape index (κ1) is 30.4. The standard InChI is InChI=1S/C32H26F4N8O2/c33-25-12-2-1-11-23(25)29-28(26-13-3-5-14-37-26)24-17-21(40-42-30(24)39-29)9-4-6-15-44-19-27(41-43-44)31(45)38-18-20-8-7-10-22(16-20)46-32(34,35)36/h1-3,5,7-8,10-14,16-17,19H,4,6,9,15,18H2,(H,38,45)(H,39,42). The van der Waals surface area contributed by atoms with Crippen molar-refractivity contribution in [2.45, 2.75) is 38.7 Å². The van der Waals surface area contributed by atoms with Crippen molar-refractivity contribution < 1.29 is 27.1 Å². The van der Waals surface area contributed by atoms with E-state index < -0.39 is 12.3 Å². The average Bonchev–Trinajstić information content (AvgIpc) is 3.67. The number of nitrogens with one attached hydrogen (secondary N) is 2. The van der Waals surface area contributed by atoms with E-state index in [1.807, 2.05) is 24.3 Å². The molecule has 0 unspecified atom stereocenters. The predicted octanol–water partition coefficient (Wildman–Crippen LogP) is 6.27. The number of pyridine rings is 1. The largest absolute Gasteiger partial charge is 0.573 e. The Kier molecular flexibility index (Phi) is 8.68. The molecule has 2 N–H and O–H groups in total. The fourth-order valence-electron chi connectivity index (χ4n) is 5.01. The summed E-state index contributed by atoms with van der Waals surface area (Å²) in [5.74, 6) is -1.25. The second-order valence-electron chi connectivity index (χ2n) is 10.4. The summed E-state index contributed by atoms with van der Waals surface area (Å²) >= 11 is 0. The van der Waals surface area contributed by atoms with Crippen molar-refractivity contribution in [1.82, 2.24) is 40.5 Å². The number of fused-ring (bicyclic) bond motifs is 1. The van der Waals surface area contributed by atoms with Gasteiger partial charge in [-0.2, -0.15) is 5.10 Å². The van der Waals surface area contributed by atoms with Gasteiger partial charge in [0.15, 0.2) is 11.3 Å². The van der Waals surface area contributed by atoms with Gasteiger partial charge >= 0.3 is 6.36 Å². The minimum Gasteiger partial charge on any atom is -0.406 e. The molecule has 0 spiro atoms. The molecule has 0 saturated heterocycles.